The Morgan fingerprint density at radius 1 is 1.08 bits per heavy atom. The van der Waals surface area contributed by atoms with Gasteiger partial charge in [0.25, 0.3) is 5.91 Å². The average molecular weight is 516 g/mol. The number of carbonyl (C=O) groups excluding carboxylic acids is 1. The number of aromatic hydroxyl groups is 1. The van der Waals surface area contributed by atoms with Gasteiger partial charge >= 0.3 is 0 Å². The maximum Gasteiger partial charge on any atom is 0.250 e. The minimum absolute atomic E-state index is 0.0416. The van der Waals surface area contributed by atoms with Crippen molar-refractivity contribution in [3.63, 3.8) is 0 Å². The van der Waals surface area contributed by atoms with Gasteiger partial charge in [0.05, 0.1) is 19.1 Å². The molecule has 9 heteroatoms. The third kappa shape index (κ3) is 6.56. The van der Waals surface area contributed by atoms with Gasteiger partial charge in [0.15, 0.2) is 11.0 Å². The fourth-order valence-electron chi connectivity index (χ4n) is 3.58. The first-order chi connectivity index (χ1) is 17.7. The van der Waals surface area contributed by atoms with Gasteiger partial charge < -0.3 is 9.84 Å². The van der Waals surface area contributed by atoms with Crippen LogP contribution >= 0.6 is 11.8 Å². The second-order valence-corrected chi connectivity index (χ2v) is 10.3. The van der Waals surface area contributed by atoms with E-state index in [1.54, 1.807) is 31.4 Å². The van der Waals surface area contributed by atoms with Gasteiger partial charge in [0, 0.05) is 11.3 Å². The van der Waals surface area contributed by atoms with Gasteiger partial charge in [0.1, 0.15) is 11.5 Å². The van der Waals surface area contributed by atoms with Crippen LogP contribution in [0, 0.1) is 0 Å². The number of phenolic OH excluding ortho intramolecular Hbond substituents is 1. The number of phenols is 1. The Labute approximate surface area is 220 Å². The van der Waals surface area contributed by atoms with Crippen LogP contribution in [0.3, 0.4) is 0 Å². The van der Waals surface area contributed by atoms with E-state index in [1.807, 2.05) is 41.0 Å². The lowest BCUT2D eigenvalue weighted by Gasteiger charge is -2.19. The van der Waals surface area contributed by atoms with Gasteiger partial charge in [-0.25, -0.2) is 5.43 Å². The average Bonchev–Trinajstić information content (AvgIpc) is 3.31. The molecule has 0 atom stereocenters. The van der Waals surface area contributed by atoms with E-state index in [0.717, 1.165) is 17.0 Å². The lowest BCUT2D eigenvalue weighted by molar-refractivity contribution is -0.118. The zero-order valence-corrected chi connectivity index (χ0v) is 22.0. The molecule has 37 heavy (non-hydrogen) atoms. The summed E-state index contributed by atoms with van der Waals surface area (Å²) in [6.07, 6.45) is 1.47. The molecule has 0 aliphatic heterocycles. The Morgan fingerprint density at radius 3 is 2.46 bits per heavy atom. The van der Waals surface area contributed by atoms with Crippen LogP contribution in [0.5, 0.6) is 11.5 Å². The Balaban J connectivity index is 1.55. The molecular weight excluding hydrogens is 486 g/mol. The fraction of sp³-hybridized carbons (Fsp3) is 0.214. The summed E-state index contributed by atoms with van der Waals surface area (Å²) in [6, 6.07) is 22.5. The molecule has 0 saturated heterocycles. The molecule has 1 heterocycles. The lowest BCUT2D eigenvalue weighted by atomic mass is 9.87. The summed E-state index contributed by atoms with van der Waals surface area (Å²) in [5.74, 6) is 1.35. The predicted octanol–water partition coefficient (Wildman–Crippen LogP) is 5.19. The molecule has 0 radical (unpaired) electrons. The van der Waals surface area contributed by atoms with Crippen molar-refractivity contribution in [1.29, 1.82) is 0 Å². The van der Waals surface area contributed by atoms with Crippen molar-refractivity contribution in [2.45, 2.75) is 31.3 Å². The van der Waals surface area contributed by atoms with E-state index in [4.69, 9.17) is 4.74 Å². The Morgan fingerprint density at radius 2 is 1.81 bits per heavy atom. The zero-order chi connectivity index (χ0) is 26.4. The number of nitrogens with zero attached hydrogens (tertiary/aromatic N) is 4. The number of thioether (sulfide) groups is 1. The maximum absolute atomic E-state index is 12.4. The van der Waals surface area contributed by atoms with Crippen LogP contribution in [-0.2, 0) is 10.2 Å². The molecule has 3 aromatic carbocycles. The SMILES string of the molecule is COc1ccc(-n2c(SCC(=O)NN=Cc3cccc(O)c3)nnc2-c2ccc(C(C)(C)C)cc2)cc1. The summed E-state index contributed by atoms with van der Waals surface area (Å²) in [5, 5.41) is 22.9. The molecule has 0 unspecified atom stereocenters. The molecule has 8 nitrogen and oxygen atoms in total. The Bertz CT molecular complexity index is 1390. The minimum atomic E-state index is -0.290. The van der Waals surface area contributed by atoms with E-state index in [-0.39, 0.29) is 22.8 Å². The number of ether oxygens (including phenoxy) is 1. The van der Waals surface area contributed by atoms with Crippen molar-refractivity contribution in [3.05, 3.63) is 83.9 Å². The quantitative estimate of drug-likeness (QED) is 0.190. The highest BCUT2D eigenvalue weighted by atomic mass is 32.2. The monoisotopic (exact) mass is 515 g/mol. The van der Waals surface area contributed by atoms with Crippen molar-refractivity contribution in [2.75, 3.05) is 12.9 Å². The van der Waals surface area contributed by atoms with Crippen molar-refractivity contribution < 1.29 is 14.6 Å². The number of hydrogen-bond donors (Lipinski definition) is 2. The number of carbonyl (C=O) groups is 1. The third-order valence-electron chi connectivity index (χ3n) is 5.58. The van der Waals surface area contributed by atoms with Crippen molar-refractivity contribution in [1.82, 2.24) is 20.2 Å². The summed E-state index contributed by atoms with van der Waals surface area (Å²) in [4.78, 5) is 12.4. The summed E-state index contributed by atoms with van der Waals surface area (Å²) < 4.78 is 7.24. The van der Waals surface area contributed by atoms with E-state index in [1.165, 1.54) is 23.5 Å². The molecule has 2 N–H and O–H groups in total. The van der Waals surface area contributed by atoms with Gasteiger partial charge in [0.2, 0.25) is 0 Å². The molecule has 4 rings (SSSR count). The molecule has 1 aromatic heterocycles. The van der Waals surface area contributed by atoms with Crippen molar-refractivity contribution in [3.8, 4) is 28.6 Å². The molecule has 0 spiro atoms. The molecule has 0 aliphatic rings. The van der Waals surface area contributed by atoms with Gasteiger partial charge in [-0.15, -0.1) is 10.2 Å². The third-order valence-corrected chi connectivity index (χ3v) is 6.51. The predicted molar refractivity (Wildman–Crippen MR) is 147 cm³/mol. The highest BCUT2D eigenvalue weighted by Crippen LogP contribution is 2.30. The second kappa shape index (κ2) is 11.3. The summed E-state index contributed by atoms with van der Waals surface area (Å²) in [5.41, 5.74) is 6.22. The smallest absolute Gasteiger partial charge is 0.250 e. The van der Waals surface area contributed by atoms with Gasteiger partial charge in [-0.2, -0.15) is 5.10 Å². The van der Waals surface area contributed by atoms with Crippen LogP contribution in [0.4, 0.5) is 0 Å². The number of methoxy groups -OCH3 is 1. The van der Waals surface area contributed by atoms with Crippen LogP contribution < -0.4 is 10.2 Å². The molecule has 0 fully saturated rings. The highest BCUT2D eigenvalue weighted by molar-refractivity contribution is 7.99. The van der Waals surface area contributed by atoms with E-state index < -0.39 is 0 Å². The Hall–Kier alpha value is -4.11. The number of hydrazone groups is 1. The zero-order valence-electron chi connectivity index (χ0n) is 21.2. The van der Waals surface area contributed by atoms with Crippen molar-refractivity contribution in [2.24, 2.45) is 5.10 Å². The van der Waals surface area contributed by atoms with Crippen LogP contribution in [0.1, 0.15) is 31.9 Å². The molecule has 190 valence electrons. The van der Waals surface area contributed by atoms with Crippen LogP contribution in [0.25, 0.3) is 17.1 Å². The van der Waals surface area contributed by atoms with Gasteiger partial charge in [-0.1, -0.05) is 68.9 Å². The number of aromatic nitrogens is 3. The molecule has 1 amide bonds. The van der Waals surface area contributed by atoms with Crippen LogP contribution in [0.15, 0.2) is 83.1 Å². The number of nitrogens with one attached hydrogen (secondary N) is 1. The van der Waals surface area contributed by atoms with E-state index in [0.29, 0.717) is 16.5 Å². The van der Waals surface area contributed by atoms with Crippen LogP contribution in [-0.4, -0.2) is 44.9 Å². The maximum atomic E-state index is 12.4. The summed E-state index contributed by atoms with van der Waals surface area (Å²) in [7, 11) is 1.62. The topological polar surface area (TPSA) is 102 Å². The first-order valence-electron chi connectivity index (χ1n) is 11.7. The van der Waals surface area contributed by atoms with Crippen LogP contribution in [0.2, 0.25) is 0 Å². The number of rotatable bonds is 8. The normalized spacial score (nSPS) is 11.6. The lowest BCUT2D eigenvalue weighted by Crippen LogP contribution is -2.20. The minimum Gasteiger partial charge on any atom is -0.508 e. The number of hydrogen-bond acceptors (Lipinski definition) is 7. The largest absolute Gasteiger partial charge is 0.508 e. The number of amides is 1. The number of benzene rings is 3. The summed E-state index contributed by atoms with van der Waals surface area (Å²) in [6.45, 7) is 6.53. The standard InChI is InChI=1S/C28H29N5O3S/c1-28(2,3)21-10-8-20(9-11-21)26-31-32-27(33(26)22-12-14-24(36-4)15-13-22)37-18-25(35)30-29-17-19-6-5-7-23(34)16-19/h5-17,34H,18H2,1-4H3,(H,30,35). The second-order valence-electron chi connectivity index (χ2n) is 9.34. The van der Waals surface area contributed by atoms with E-state index in [2.05, 4.69) is 53.6 Å². The van der Waals surface area contributed by atoms with Gasteiger partial charge in [-0.3, -0.25) is 9.36 Å². The van der Waals surface area contributed by atoms with E-state index in [9.17, 15) is 9.90 Å². The first-order valence-corrected chi connectivity index (χ1v) is 12.7. The molecule has 0 aliphatic carbocycles. The molecule has 4 aromatic rings. The molecular formula is C28H29N5O3S. The molecule has 0 bridgehead atoms. The first kappa shape index (κ1) is 26.0. The fourth-order valence-corrected chi connectivity index (χ4v) is 4.32. The summed E-state index contributed by atoms with van der Waals surface area (Å²) >= 11 is 1.26. The Kier molecular flexibility index (Phi) is 7.93. The van der Waals surface area contributed by atoms with E-state index >= 15 is 0 Å². The highest BCUT2D eigenvalue weighted by Gasteiger charge is 2.19. The van der Waals surface area contributed by atoms with Gasteiger partial charge in [-0.05, 0) is 52.9 Å². The molecule has 0 saturated carbocycles. The van der Waals surface area contributed by atoms with Crippen molar-refractivity contribution >= 4 is 23.9 Å².